The lowest BCUT2D eigenvalue weighted by Gasteiger charge is -2.07. The third-order valence-corrected chi connectivity index (χ3v) is 2.71. The van der Waals surface area contributed by atoms with E-state index in [1.54, 1.807) is 7.11 Å². The van der Waals surface area contributed by atoms with Gasteiger partial charge in [-0.25, -0.2) is 4.98 Å². The number of fused-ring (bicyclic) bond motifs is 1. The second-order valence-corrected chi connectivity index (χ2v) is 4.09. The molecule has 5 heteroatoms. The van der Waals surface area contributed by atoms with Crippen LogP contribution < -0.4 is 15.4 Å². The molecule has 2 aromatic rings. The number of amides is 1. The van der Waals surface area contributed by atoms with Crippen LogP contribution in [0.25, 0.3) is 10.9 Å². The standard InChI is InChI=1S/C15H15N3O2/c1-3-8-16-15(19)10-17-14-7-4-11-9-12(20-2)5-6-13(11)18-14/h1,4-7,9H,8,10H2,2H3,(H,16,19)(H,17,18). The number of hydrogen-bond acceptors (Lipinski definition) is 4. The molecule has 5 nitrogen and oxygen atoms in total. The van der Waals surface area contributed by atoms with Gasteiger partial charge >= 0.3 is 0 Å². The molecule has 102 valence electrons. The quantitative estimate of drug-likeness (QED) is 0.805. The predicted octanol–water partition coefficient (Wildman–Crippen LogP) is 1.40. The number of carbonyl (C=O) groups is 1. The van der Waals surface area contributed by atoms with E-state index in [1.807, 2.05) is 30.3 Å². The molecule has 0 radical (unpaired) electrons. The Morgan fingerprint density at radius 2 is 2.25 bits per heavy atom. The monoisotopic (exact) mass is 269 g/mol. The molecule has 0 saturated heterocycles. The van der Waals surface area contributed by atoms with Gasteiger partial charge in [-0.15, -0.1) is 6.42 Å². The molecule has 2 rings (SSSR count). The van der Waals surface area contributed by atoms with Gasteiger partial charge < -0.3 is 15.4 Å². The first-order valence-electron chi connectivity index (χ1n) is 6.12. The second-order valence-electron chi connectivity index (χ2n) is 4.09. The van der Waals surface area contributed by atoms with Crippen LogP contribution in [0.3, 0.4) is 0 Å². The summed E-state index contributed by atoms with van der Waals surface area (Å²) in [5.41, 5.74) is 0.833. The van der Waals surface area contributed by atoms with Crippen molar-refractivity contribution < 1.29 is 9.53 Å². The Morgan fingerprint density at radius 1 is 1.40 bits per heavy atom. The van der Waals surface area contributed by atoms with E-state index in [4.69, 9.17) is 11.2 Å². The van der Waals surface area contributed by atoms with E-state index in [2.05, 4.69) is 21.5 Å². The highest BCUT2D eigenvalue weighted by Gasteiger charge is 2.02. The second kappa shape index (κ2) is 6.43. The molecular weight excluding hydrogens is 254 g/mol. The van der Waals surface area contributed by atoms with Gasteiger partial charge in [0.2, 0.25) is 5.91 Å². The number of rotatable bonds is 5. The summed E-state index contributed by atoms with van der Waals surface area (Å²) in [5.74, 6) is 3.60. The van der Waals surface area contributed by atoms with Crippen LogP contribution in [0.1, 0.15) is 0 Å². The molecule has 0 spiro atoms. The van der Waals surface area contributed by atoms with Crippen molar-refractivity contribution in [3.63, 3.8) is 0 Å². The molecule has 1 heterocycles. The van der Waals surface area contributed by atoms with E-state index in [0.29, 0.717) is 5.82 Å². The Labute approximate surface area is 117 Å². The molecule has 0 saturated carbocycles. The van der Waals surface area contributed by atoms with Gasteiger partial charge in [0.25, 0.3) is 0 Å². The van der Waals surface area contributed by atoms with E-state index in [1.165, 1.54) is 0 Å². The lowest BCUT2D eigenvalue weighted by atomic mass is 10.2. The Morgan fingerprint density at radius 3 is 3.00 bits per heavy atom. The zero-order valence-electron chi connectivity index (χ0n) is 11.1. The van der Waals surface area contributed by atoms with E-state index < -0.39 is 0 Å². The number of terminal acetylenes is 1. The molecule has 1 aromatic heterocycles. The van der Waals surface area contributed by atoms with E-state index >= 15 is 0 Å². The predicted molar refractivity (Wildman–Crippen MR) is 78.6 cm³/mol. The number of pyridine rings is 1. The molecule has 0 aliphatic heterocycles. The Balaban J connectivity index is 2.05. The number of anilines is 1. The number of methoxy groups -OCH3 is 1. The molecule has 0 fully saturated rings. The first-order chi connectivity index (χ1) is 9.72. The van der Waals surface area contributed by atoms with Crippen LogP contribution in [-0.4, -0.2) is 31.1 Å². The zero-order valence-corrected chi connectivity index (χ0v) is 11.1. The first kappa shape index (κ1) is 13.7. The van der Waals surface area contributed by atoms with Gasteiger partial charge in [0.15, 0.2) is 0 Å². The normalized spacial score (nSPS) is 9.80. The number of nitrogens with one attached hydrogen (secondary N) is 2. The van der Waals surface area contributed by atoms with E-state index in [-0.39, 0.29) is 19.0 Å². The average Bonchev–Trinajstić information content (AvgIpc) is 2.50. The van der Waals surface area contributed by atoms with Crippen LogP contribution in [0.5, 0.6) is 5.75 Å². The number of benzene rings is 1. The molecule has 2 N–H and O–H groups in total. The maximum atomic E-state index is 11.4. The molecule has 1 amide bonds. The van der Waals surface area contributed by atoms with Gasteiger partial charge in [0, 0.05) is 5.39 Å². The lowest BCUT2D eigenvalue weighted by Crippen LogP contribution is -2.30. The topological polar surface area (TPSA) is 63.2 Å². The fraction of sp³-hybridized carbons (Fsp3) is 0.200. The van der Waals surface area contributed by atoms with Gasteiger partial charge in [-0.1, -0.05) is 5.92 Å². The molecule has 0 aliphatic carbocycles. The van der Waals surface area contributed by atoms with Crippen LogP contribution in [-0.2, 0) is 4.79 Å². The highest BCUT2D eigenvalue weighted by atomic mass is 16.5. The van der Waals surface area contributed by atoms with Crippen LogP contribution in [0.15, 0.2) is 30.3 Å². The number of hydrogen-bond donors (Lipinski definition) is 2. The number of aromatic nitrogens is 1. The Bertz CT molecular complexity index is 662. The molecule has 0 atom stereocenters. The average molecular weight is 269 g/mol. The molecular formula is C15H15N3O2. The van der Waals surface area contributed by atoms with E-state index in [9.17, 15) is 4.79 Å². The molecule has 0 unspecified atom stereocenters. The highest BCUT2D eigenvalue weighted by molar-refractivity contribution is 5.83. The third kappa shape index (κ3) is 3.39. The van der Waals surface area contributed by atoms with Crippen LogP contribution >= 0.6 is 0 Å². The van der Waals surface area contributed by atoms with Gasteiger partial charge in [-0.2, -0.15) is 0 Å². The molecule has 20 heavy (non-hydrogen) atoms. The number of nitrogens with zero attached hydrogens (tertiary/aromatic N) is 1. The van der Waals surface area contributed by atoms with Crippen molar-refractivity contribution in [3.05, 3.63) is 30.3 Å². The van der Waals surface area contributed by atoms with Crippen molar-refractivity contribution >= 4 is 22.6 Å². The van der Waals surface area contributed by atoms with Crippen molar-refractivity contribution in [2.24, 2.45) is 0 Å². The molecule has 1 aromatic carbocycles. The summed E-state index contributed by atoms with van der Waals surface area (Å²) < 4.78 is 5.16. The van der Waals surface area contributed by atoms with Crippen LogP contribution in [0.4, 0.5) is 5.82 Å². The maximum Gasteiger partial charge on any atom is 0.240 e. The minimum absolute atomic E-state index is 0.135. The maximum absolute atomic E-state index is 11.4. The van der Waals surface area contributed by atoms with Crippen LogP contribution in [0.2, 0.25) is 0 Å². The van der Waals surface area contributed by atoms with Gasteiger partial charge in [0.1, 0.15) is 11.6 Å². The van der Waals surface area contributed by atoms with Crippen molar-refractivity contribution in [1.82, 2.24) is 10.3 Å². The fourth-order valence-corrected chi connectivity index (χ4v) is 1.71. The zero-order chi connectivity index (χ0) is 14.4. The largest absolute Gasteiger partial charge is 0.497 e. The first-order valence-corrected chi connectivity index (χ1v) is 6.12. The Kier molecular flexibility index (Phi) is 4.40. The van der Waals surface area contributed by atoms with Gasteiger partial charge in [0.05, 0.1) is 25.7 Å². The summed E-state index contributed by atoms with van der Waals surface area (Å²) >= 11 is 0. The summed E-state index contributed by atoms with van der Waals surface area (Å²) in [4.78, 5) is 15.8. The summed E-state index contributed by atoms with van der Waals surface area (Å²) in [5, 5.41) is 6.50. The van der Waals surface area contributed by atoms with Crippen molar-refractivity contribution in [3.8, 4) is 18.1 Å². The highest BCUT2D eigenvalue weighted by Crippen LogP contribution is 2.20. The third-order valence-electron chi connectivity index (χ3n) is 2.71. The molecule has 0 aliphatic rings. The summed E-state index contributed by atoms with van der Waals surface area (Å²) in [7, 11) is 1.62. The summed E-state index contributed by atoms with van der Waals surface area (Å²) in [6.07, 6.45) is 5.06. The number of ether oxygens (including phenoxy) is 1. The minimum atomic E-state index is -0.167. The smallest absolute Gasteiger partial charge is 0.240 e. The van der Waals surface area contributed by atoms with Crippen molar-refractivity contribution in [1.29, 1.82) is 0 Å². The van der Waals surface area contributed by atoms with Crippen molar-refractivity contribution in [2.45, 2.75) is 0 Å². The van der Waals surface area contributed by atoms with Crippen molar-refractivity contribution in [2.75, 3.05) is 25.5 Å². The summed E-state index contributed by atoms with van der Waals surface area (Å²) in [6.45, 7) is 0.363. The van der Waals surface area contributed by atoms with E-state index in [0.717, 1.165) is 16.7 Å². The minimum Gasteiger partial charge on any atom is -0.497 e. The summed E-state index contributed by atoms with van der Waals surface area (Å²) in [6, 6.07) is 9.37. The SMILES string of the molecule is C#CCNC(=O)CNc1ccc2cc(OC)ccc2n1. The fourth-order valence-electron chi connectivity index (χ4n) is 1.71. The lowest BCUT2D eigenvalue weighted by molar-refractivity contribution is -0.119. The van der Waals surface area contributed by atoms with Gasteiger partial charge in [-0.3, -0.25) is 4.79 Å². The number of carbonyl (C=O) groups excluding carboxylic acids is 1. The van der Waals surface area contributed by atoms with Gasteiger partial charge in [-0.05, 0) is 30.3 Å². The Hall–Kier alpha value is -2.74. The van der Waals surface area contributed by atoms with Crippen LogP contribution in [0, 0.1) is 12.3 Å². The molecule has 0 bridgehead atoms.